The standard InChI is InChI=1S/C18H15N5O9S.C17H11N5O9S.Cr/c1-2-19-9-3-4-11-12(5-9)16(33(30,31)32)8-14(17(11)24)21-20-13-6-10(22(26)27)7-15(18(13)25)23(28)29;1-18-8-2-3-10-11(4-8)15(32(29,30)31)7-13(16(10)23)20-19-12-5-9(21(25)26)6-14(17(12)24)22(27)28;/h3-8,19,24-25H,2H2,1H3,(H,30,31,32);2-7,23-24H,1H2,(H,29,30,31);/q;;+3/p-3. The number of nitro benzene ring substituents is 4. The third kappa shape index (κ3) is 10.7. The molecule has 0 aliphatic heterocycles. The van der Waals surface area contributed by atoms with Crippen molar-refractivity contribution in [3.05, 3.63) is 113 Å². The largest absolute Gasteiger partial charge is 3.00 e. The van der Waals surface area contributed by atoms with E-state index < -0.39 is 118 Å². The Balaban J connectivity index is 0.000000345. The Bertz CT molecular complexity index is 3340. The molecule has 0 amide bonds. The molecule has 0 saturated heterocycles. The van der Waals surface area contributed by atoms with E-state index in [2.05, 4.69) is 37.5 Å². The van der Waals surface area contributed by atoms with E-state index in [9.17, 15) is 86.8 Å². The summed E-state index contributed by atoms with van der Waals surface area (Å²) in [6.45, 7) is 5.57. The minimum Gasteiger partial charge on any atom is -0.871 e. The number of aliphatic imine (C=N–C) groups is 1. The van der Waals surface area contributed by atoms with Crippen molar-refractivity contribution >= 4 is 105 Å². The smallest absolute Gasteiger partial charge is 0.871 e. The predicted molar refractivity (Wildman–Crippen MR) is 218 cm³/mol. The summed E-state index contributed by atoms with van der Waals surface area (Å²) >= 11 is 0. The van der Waals surface area contributed by atoms with E-state index in [1.807, 2.05) is 0 Å². The van der Waals surface area contributed by atoms with Crippen molar-refractivity contribution in [2.45, 2.75) is 16.7 Å². The summed E-state index contributed by atoms with van der Waals surface area (Å²) in [4.78, 5) is 41.9. The second-order valence-electron chi connectivity index (χ2n) is 12.6. The second-order valence-corrected chi connectivity index (χ2v) is 15.4. The molecule has 0 atom stereocenters. The molecule has 0 aromatic heterocycles. The van der Waals surface area contributed by atoms with Gasteiger partial charge in [-0.25, -0.2) is 0 Å². The number of benzene rings is 6. The van der Waals surface area contributed by atoms with Crippen LogP contribution in [0, 0.1) is 40.5 Å². The molecule has 0 aliphatic rings. The molecule has 0 saturated carbocycles. The summed E-state index contributed by atoms with van der Waals surface area (Å²) in [7, 11) is -9.70. The van der Waals surface area contributed by atoms with Crippen LogP contribution in [0.4, 0.5) is 56.9 Å². The molecule has 31 heteroatoms. The number of anilines is 1. The van der Waals surface area contributed by atoms with E-state index in [1.165, 1.54) is 36.4 Å². The number of azo groups is 2. The molecule has 0 unspecified atom stereocenters. The topological polar surface area (TPSA) is 447 Å². The van der Waals surface area contributed by atoms with Gasteiger partial charge in [0.25, 0.3) is 43.0 Å². The van der Waals surface area contributed by atoms with Gasteiger partial charge in [0.05, 0.1) is 60.3 Å². The van der Waals surface area contributed by atoms with E-state index in [0.29, 0.717) is 42.6 Å². The first kappa shape index (κ1) is 50.3. The number of nitrogens with one attached hydrogen (secondary N) is 1. The molecule has 0 spiro atoms. The molecule has 3 N–H and O–H groups in total. The van der Waals surface area contributed by atoms with Crippen molar-refractivity contribution in [2.24, 2.45) is 25.4 Å². The maximum atomic E-state index is 12.8. The quantitative estimate of drug-likeness (QED) is 0.0404. The van der Waals surface area contributed by atoms with Gasteiger partial charge in [-0.3, -0.25) is 54.6 Å². The van der Waals surface area contributed by atoms with Gasteiger partial charge < -0.3 is 25.7 Å². The number of nitro groups is 4. The fourth-order valence-electron chi connectivity index (χ4n) is 5.69. The van der Waals surface area contributed by atoms with Gasteiger partial charge in [0, 0.05) is 46.6 Å². The first-order valence-electron chi connectivity index (χ1n) is 17.2. The van der Waals surface area contributed by atoms with Crippen LogP contribution in [-0.4, -0.2) is 58.9 Å². The number of fused-ring (bicyclic) bond motifs is 2. The fraction of sp³-hybridized carbons (Fsp3) is 0.0571. The van der Waals surface area contributed by atoms with Gasteiger partial charge in [-0.05, 0) is 60.8 Å². The van der Waals surface area contributed by atoms with E-state index in [0.717, 1.165) is 6.07 Å². The number of hydrogen-bond acceptors (Lipinski definition) is 22. The van der Waals surface area contributed by atoms with Crippen LogP contribution in [0.15, 0.2) is 108 Å². The fourth-order valence-corrected chi connectivity index (χ4v) is 7.11. The summed E-state index contributed by atoms with van der Waals surface area (Å²) < 4.78 is 66.6. The van der Waals surface area contributed by atoms with Crippen LogP contribution in [-0.2, 0) is 37.6 Å². The molecule has 6 aromatic carbocycles. The number of nitrogens with zero attached hydrogens (tertiary/aromatic N) is 9. The molecule has 0 bridgehead atoms. The van der Waals surface area contributed by atoms with Crippen molar-refractivity contribution in [1.82, 2.24) is 0 Å². The van der Waals surface area contributed by atoms with Crippen LogP contribution >= 0.6 is 0 Å². The number of rotatable bonds is 13. The van der Waals surface area contributed by atoms with Gasteiger partial charge in [-0.1, -0.05) is 23.6 Å². The molecule has 66 heavy (non-hydrogen) atoms. The Morgan fingerprint density at radius 2 is 0.939 bits per heavy atom. The van der Waals surface area contributed by atoms with Crippen molar-refractivity contribution in [1.29, 1.82) is 0 Å². The summed E-state index contributed by atoms with van der Waals surface area (Å²) in [5, 5.41) is 110. The molecule has 1 radical (unpaired) electrons. The third-order valence-corrected chi connectivity index (χ3v) is 10.4. The Kier molecular flexibility index (Phi) is 14.9. The predicted octanol–water partition coefficient (Wildman–Crippen LogP) is 5.80. The first-order chi connectivity index (χ1) is 30.4. The van der Waals surface area contributed by atoms with E-state index in [4.69, 9.17) is 0 Å². The molecular formula is C35H23CrN10O18S2. The van der Waals surface area contributed by atoms with Gasteiger partial charge in [-0.15, -0.1) is 0 Å². The molecule has 6 aromatic rings. The van der Waals surface area contributed by atoms with Crippen molar-refractivity contribution < 1.29 is 84.8 Å². The van der Waals surface area contributed by atoms with Gasteiger partial charge in [0.15, 0.2) is 0 Å². The van der Waals surface area contributed by atoms with E-state index in [-0.39, 0.29) is 46.0 Å². The third-order valence-electron chi connectivity index (χ3n) is 8.58. The maximum Gasteiger partial charge on any atom is 3.00 e. The Morgan fingerprint density at radius 1 is 0.561 bits per heavy atom. The number of non-ortho nitro benzene ring substituents is 2. The van der Waals surface area contributed by atoms with Crippen LogP contribution in [0.3, 0.4) is 0 Å². The summed E-state index contributed by atoms with van der Waals surface area (Å²) in [6.07, 6.45) is 0. The number of hydrogen-bond donors (Lipinski definition) is 3. The van der Waals surface area contributed by atoms with Crippen molar-refractivity contribution in [3.63, 3.8) is 0 Å². The van der Waals surface area contributed by atoms with Gasteiger partial charge in [-0.2, -0.15) is 37.3 Å². The maximum absolute atomic E-state index is 12.8. The molecule has 28 nitrogen and oxygen atoms in total. The molecule has 0 heterocycles. The molecule has 339 valence electrons. The first-order valence-corrected chi connectivity index (χ1v) is 20.1. The minimum absolute atomic E-state index is 0. The molecular weight excluding hydrogens is 965 g/mol. The zero-order chi connectivity index (χ0) is 48.3. The average Bonchev–Trinajstić information content (AvgIpc) is 3.22. The zero-order valence-corrected chi connectivity index (χ0v) is 35.4. The van der Waals surface area contributed by atoms with Gasteiger partial charge >= 0.3 is 18.8 Å². The van der Waals surface area contributed by atoms with Gasteiger partial charge in [0.2, 0.25) is 0 Å². The molecule has 0 aliphatic carbocycles. The van der Waals surface area contributed by atoms with E-state index in [1.54, 1.807) is 6.92 Å². The monoisotopic (exact) mass is 987 g/mol. The second kappa shape index (κ2) is 19.6. The normalized spacial score (nSPS) is 11.5. The SMILES string of the molecule is C=Nc1ccc2c([O-])c(N=Nc3cc([N+](=O)[O-])cc([N+](=O)[O-])c3[O-])cc(S(=O)(=O)O)c2c1.CCNc1ccc2c([O-])c(N=Nc3cc([N+](=O)[O-])cc([N+](=O)[O-])c3[O-])cc(S(=O)(=O)O)c2c1.[Cr+3].[H+]. The average molecular weight is 988 g/mol. The van der Waals surface area contributed by atoms with Crippen LogP contribution in [0.2, 0.25) is 0 Å². The summed E-state index contributed by atoms with van der Waals surface area (Å²) in [5.41, 5.74) is -6.15. The molecule has 0 fully saturated rings. The van der Waals surface area contributed by atoms with Gasteiger partial charge in [0.1, 0.15) is 9.79 Å². The van der Waals surface area contributed by atoms with Crippen LogP contribution in [0.5, 0.6) is 23.0 Å². The van der Waals surface area contributed by atoms with Crippen molar-refractivity contribution in [3.8, 4) is 23.0 Å². The van der Waals surface area contributed by atoms with Crippen LogP contribution in [0.1, 0.15) is 8.35 Å². The molecule has 6 rings (SSSR count). The van der Waals surface area contributed by atoms with Crippen molar-refractivity contribution in [2.75, 3.05) is 11.9 Å². The Labute approximate surface area is 379 Å². The van der Waals surface area contributed by atoms with E-state index >= 15 is 0 Å². The summed E-state index contributed by atoms with van der Waals surface area (Å²) in [6, 6.07) is 11.4. The summed E-state index contributed by atoms with van der Waals surface area (Å²) in [5.74, 6) is -4.29. The Hall–Kier alpha value is -8.34. The van der Waals surface area contributed by atoms with Crippen LogP contribution < -0.4 is 25.7 Å². The zero-order valence-electron chi connectivity index (χ0n) is 33.5. The Morgan fingerprint density at radius 3 is 1.29 bits per heavy atom. The minimum atomic E-state index is -4.86. The van der Waals surface area contributed by atoms with Crippen LogP contribution in [0.25, 0.3) is 21.5 Å².